The van der Waals surface area contributed by atoms with Crippen molar-refractivity contribution in [3.05, 3.63) is 28.8 Å². The second-order valence-corrected chi connectivity index (χ2v) is 5.35. The molecule has 0 bridgehead atoms. The number of hydrogen-bond donors (Lipinski definition) is 1. The lowest BCUT2D eigenvalue weighted by atomic mass is 9.95. The molecule has 0 aromatic heterocycles. The summed E-state index contributed by atoms with van der Waals surface area (Å²) < 4.78 is 5.45. The average molecular weight is 269 g/mol. The molecule has 0 spiro atoms. The van der Waals surface area contributed by atoms with Gasteiger partial charge in [-0.25, -0.2) is 0 Å². The van der Waals surface area contributed by atoms with Crippen molar-refractivity contribution < 1.29 is 4.74 Å². The molecule has 1 aliphatic heterocycles. The van der Waals surface area contributed by atoms with Crippen LogP contribution in [0.15, 0.2) is 18.2 Å². The summed E-state index contributed by atoms with van der Waals surface area (Å²) in [5.41, 5.74) is 7.36. The molecule has 3 nitrogen and oxygen atoms in total. The van der Waals surface area contributed by atoms with Crippen molar-refractivity contribution in [2.75, 3.05) is 20.7 Å². The minimum atomic E-state index is 0.103. The number of hydrogen-bond acceptors (Lipinski definition) is 3. The number of likely N-dealkylation sites (N-methyl/N-ethyl adjacent to an activating group) is 1. The van der Waals surface area contributed by atoms with E-state index >= 15 is 0 Å². The molecular weight excluding hydrogens is 248 g/mol. The van der Waals surface area contributed by atoms with Gasteiger partial charge in [-0.2, -0.15) is 0 Å². The van der Waals surface area contributed by atoms with Crippen molar-refractivity contribution in [1.82, 2.24) is 4.90 Å². The fourth-order valence-electron chi connectivity index (χ4n) is 2.78. The van der Waals surface area contributed by atoms with E-state index in [-0.39, 0.29) is 12.1 Å². The Balaban J connectivity index is 2.44. The SMILES string of the molecule is COc1cccc(Cl)c1C1C(N)CCCCN1C. The van der Waals surface area contributed by atoms with Crippen LogP contribution >= 0.6 is 11.6 Å². The van der Waals surface area contributed by atoms with E-state index in [1.54, 1.807) is 7.11 Å². The van der Waals surface area contributed by atoms with Crippen molar-refractivity contribution in [2.24, 2.45) is 5.73 Å². The summed E-state index contributed by atoms with van der Waals surface area (Å²) in [6.07, 6.45) is 3.39. The number of benzene rings is 1. The first-order chi connectivity index (χ1) is 8.65. The number of ether oxygens (including phenoxy) is 1. The second-order valence-electron chi connectivity index (χ2n) is 4.94. The fraction of sp³-hybridized carbons (Fsp3) is 0.571. The molecule has 1 aliphatic rings. The number of nitrogens with zero attached hydrogens (tertiary/aromatic N) is 1. The molecule has 1 fully saturated rings. The molecule has 1 aromatic carbocycles. The number of likely N-dealkylation sites (tertiary alicyclic amines) is 1. The molecule has 1 aromatic rings. The van der Waals surface area contributed by atoms with Crippen LogP contribution in [0.5, 0.6) is 5.75 Å². The highest BCUT2D eigenvalue weighted by atomic mass is 35.5. The third-order valence-electron chi connectivity index (χ3n) is 3.71. The quantitative estimate of drug-likeness (QED) is 0.896. The predicted molar refractivity (Wildman–Crippen MR) is 75.2 cm³/mol. The van der Waals surface area contributed by atoms with Crippen LogP contribution in [0.4, 0.5) is 0 Å². The number of methoxy groups -OCH3 is 1. The largest absolute Gasteiger partial charge is 0.496 e. The molecule has 0 radical (unpaired) electrons. The average Bonchev–Trinajstić information content (AvgIpc) is 2.51. The van der Waals surface area contributed by atoms with E-state index in [4.69, 9.17) is 22.1 Å². The van der Waals surface area contributed by atoms with Gasteiger partial charge in [0, 0.05) is 16.6 Å². The summed E-state index contributed by atoms with van der Waals surface area (Å²) in [6.45, 7) is 1.05. The fourth-order valence-corrected chi connectivity index (χ4v) is 3.06. The second kappa shape index (κ2) is 5.91. The van der Waals surface area contributed by atoms with Crippen LogP contribution in [0.25, 0.3) is 0 Å². The van der Waals surface area contributed by atoms with Gasteiger partial charge in [-0.3, -0.25) is 4.90 Å². The highest BCUT2D eigenvalue weighted by molar-refractivity contribution is 6.31. The third kappa shape index (κ3) is 2.63. The Hall–Kier alpha value is -0.770. The number of halogens is 1. The standard InChI is InChI=1S/C14H21ClN2O/c1-17-9-4-3-7-11(16)14(17)13-10(15)6-5-8-12(13)18-2/h5-6,8,11,14H,3-4,7,9,16H2,1-2H3. The maximum atomic E-state index is 6.36. The maximum Gasteiger partial charge on any atom is 0.125 e. The van der Waals surface area contributed by atoms with Gasteiger partial charge in [-0.1, -0.05) is 24.1 Å². The van der Waals surface area contributed by atoms with Crippen LogP contribution in [-0.2, 0) is 0 Å². The van der Waals surface area contributed by atoms with Gasteiger partial charge in [0.15, 0.2) is 0 Å². The molecule has 2 rings (SSSR count). The summed E-state index contributed by atoms with van der Waals surface area (Å²) >= 11 is 6.36. The van der Waals surface area contributed by atoms with E-state index in [0.717, 1.165) is 29.3 Å². The van der Waals surface area contributed by atoms with Crippen molar-refractivity contribution in [1.29, 1.82) is 0 Å². The lowest BCUT2D eigenvalue weighted by Gasteiger charge is -2.32. The zero-order chi connectivity index (χ0) is 13.1. The smallest absolute Gasteiger partial charge is 0.125 e. The Bertz CT molecular complexity index is 399. The molecule has 0 aliphatic carbocycles. The molecule has 0 amide bonds. The molecule has 2 atom stereocenters. The summed E-state index contributed by atoms with van der Waals surface area (Å²) in [5, 5.41) is 0.739. The molecule has 18 heavy (non-hydrogen) atoms. The molecule has 100 valence electrons. The normalized spacial score (nSPS) is 25.8. The Labute approximate surface area is 114 Å². The van der Waals surface area contributed by atoms with Crippen LogP contribution in [-0.4, -0.2) is 31.6 Å². The van der Waals surface area contributed by atoms with E-state index in [2.05, 4.69) is 11.9 Å². The topological polar surface area (TPSA) is 38.5 Å². The highest BCUT2D eigenvalue weighted by Crippen LogP contribution is 2.38. The van der Waals surface area contributed by atoms with Crippen molar-refractivity contribution in [3.8, 4) is 5.75 Å². The first-order valence-electron chi connectivity index (χ1n) is 6.43. The van der Waals surface area contributed by atoms with Crippen molar-refractivity contribution in [3.63, 3.8) is 0 Å². The van der Waals surface area contributed by atoms with Crippen LogP contribution < -0.4 is 10.5 Å². The van der Waals surface area contributed by atoms with Gasteiger partial charge in [0.05, 0.1) is 13.2 Å². The Morgan fingerprint density at radius 2 is 2.17 bits per heavy atom. The van der Waals surface area contributed by atoms with Gasteiger partial charge in [0.2, 0.25) is 0 Å². The van der Waals surface area contributed by atoms with E-state index in [1.165, 1.54) is 12.8 Å². The van der Waals surface area contributed by atoms with E-state index < -0.39 is 0 Å². The van der Waals surface area contributed by atoms with E-state index in [0.29, 0.717) is 0 Å². The first-order valence-corrected chi connectivity index (χ1v) is 6.81. The highest BCUT2D eigenvalue weighted by Gasteiger charge is 2.30. The van der Waals surface area contributed by atoms with Gasteiger partial charge in [0.25, 0.3) is 0 Å². The lowest BCUT2D eigenvalue weighted by Crippen LogP contribution is -2.38. The van der Waals surface area contributed by atoms with Gasteiger partial charge >= 0.3 is 0 Å². The van der Waals surface area contributed by atoms with Crippen molar-refractivity contribution >= 4 is 11.6 Å². The zero-order valence-corrected chi connectivity index (χ0v) is 11.8. The first kappa shape index (κ1) is 13.7. The minimum Gasteiger partial charge on any atom is -0.496 e. The molecule has 2 unspecified atom stereocenters. The molecular formula is C14H21ClN2O. The van der Waals surface area contributed by atoms with Gasteiger partial charge < -0.3 is 10.5 Å². The Kier molecular flexibility index (Phi) is 4.49. The monoisotopic (exact) mass is 268 g/mol. The Morgan fingerprint density at radius 3 is 2.89 bits per heavy atom. The number of nitrogens with two attached hydrogens (primary N) is 1. The lowest BCUT2D eigenvalue weighted by molar-refractivity contribution is 0.224. The third-order valence-corrected chi connectivity index (χ3v) is 4.04. The summed E-state index contributed by atoms with van der Waals surface area (Å²) in [7, 11) is 3.79. The molecule has 0 saturated carbocycles. The minimum absolute atomic E-state index is 0.103. The van der Waals surface area contributed by atoms with Gasteiger partial charge in [0.1, 0.15) is 5.75 Å². The van der Waals surface area contributed by atoms with Crippen LogP contribution in [0.1, 0.15) is 30.9 Å². The van der Waals surface area contributed by atoms with Gasteiger partial charge in [-0.15, -0.1) is 0 Å². The molecule has 1 heterocycles. The predicted octanol–water partition coefficient (Wildman–Crippen LogP) is 2.83. The van der Waals surface area contributed by atoms with Crippen LogP contribution in [0.3, 0.4) is 0 Å². The van der Waals surface area contributed by atoms with Crippen LogP contribution in [0.2, 0.25) is 5.02 Å². The van der Waals surface area contributed by atoms with Crippen LogP contribution in [0, 0.1) is 0 Å². The summed E-state index contributed by atoms with van der Waals surface area (Å²) in [6, 6.07) is 6.01. The molecule has 2 N–H and O–H groups in total. The Morgan fingerprint density at radius 1 is 1.39 bits per heavy atom. The number of rotatable bonds is 2. The summed E-state index contributed by atoms with van der Waals surface area (Å²) in [5.74, 6) is 0.830. The van der Waals surface area contributed by atoms with Gasteiger partial charge in [-0.05, 0) is 38.6 Å². The van der Waals surface area contributed by atoms with Crippen molar-refractivity contribution in [2.45, 2.75) is 31.3 Å². The zero-order valence-electron chi connectivity index (χ0n) is 11.0. The summed E-state index contributed by atoms with van der Waals surface area (Å²) in [4.78, 5) is 2.29. The van der Waals surface area contributed by atoms with E-state index in [1.807, 2.05) is 18.2 Å². The molecule has 1 saturated heterocycles. The maximum absolute atomic E-state index is 6.36. The molecule has 4 heteroatoms. The van der Waals surface area contributed by atoms with E-state index in [9.17, 15) is 0 Å².